The van der Waals surface area contributed by atoms with Gasteiger partial charge in [0.25, 0.3) is 5.91 Å². The number of piperazine rings is 1. The van der Waals surface area contributed by atoms with Gasteiger partial charge in [-0.15, -0.1) is 0 Å². The third-order valence-electron chi connectivity index (χ3n) is 5.39. The molecule has 2 N–H and O–H groups in total. The second-order valence-electron chi connectivity index (χ2n) is 7.42. The molecule has 0 aliphatic carbocycles. The summed E-state index contributed by atoms with van der Waals surface area (Å²) < 4.78 is 10.7. The van der Waals surface area contributed by atoms with Crippen molar-refractivity contribution < 1.29 is 24.1 Å². The summed E-state index contributed by atoms with van der Waals surface area (Å²) in [5.74, 6) is 1.77. The Balaban J connectivity index is 1.44. The molecule has 1 aromatic heterocycles. The van der Waals surface area contributed by atoms with Crippen LogP contribution in [0.4, 0.5) is 0 Å². The zero-order chi connectivity index (χ0) is 19.9. The number of hydrogen-bond donors (Lipinski definition) is 2. The monoisotopic (exact) mass is 405 g/mol. The average Bonchev–Trinajstić information content (AvgIpc) is 3.22. The van der Waals surface area contributed by atoms with E-state index in [1.165, 1.54) is 16.0 Å². The number of likely N-dealkylation sites (N-methyl/N-ethyl adjacent to an activating group) is 1. The van der Waals surface area contributed by atoms with Crippen LogP contribution in [0.3, 0.4) is 0 Å². The summed E-state index contributed by atoms with van der Waals surface area (Å²) in [5, 5.41) is 4.16. The van der Waals surface area contributed by atoms with E-state index in [2.05, 4.69) is 29.0 Å². The first kappa shape index (κ1) is 20.6. The summed E-state index contributed by atoms with van der Waals surface area (Å²) in [6, 6.07) is 8.22. The van der Waals surface area contributed by atoms with E-state index in [0.29, 0.717) is 13.1 Å². The van der Waals surface area contributed by atoms with Gasteiger partial charge in [0.2, 0.25) is 0 Å². The Kier molecular flexibility index (Phi) is 7.30. The third-order valence-corrected chi connectivity index (χ3v) is 6.13. The minimum absolute atomic E-state index is 0.226. The van der Waals surface area contributed by atoms with Gasteiger partial charge in [0, 0.05) is 19.2 Å². The number of ether oxygens (including phenoxy) is 2. The molecular formula is C21H31N3O3S+2. The minimum Gasteiger partial charge on any atom is -0.493 e. The summed E-state index contributed by atoms with van der Waals surface area (Å²) in [6.07, 6.45) is 0. The van der Waals surface area contributed by atoms with E-state index in [1.807, 2.05) is 18.0 Å². The number of carbonyl (C=O) groups excluding carboxylic acids is 1. The SMILES string of the molecule is COc1ccc(C[NH+]2CC[NH+](CC(=O)N(C)Cc3ccsc3)CC2)cc1OC. The number of methoxy groups -OCH3 is 2. The van der Waals surface area contributed by atoms with Crippen LogP contribution in [0.5, 0.6) is 11.5 Å². The highest BCUT2D eigenvalue weighted by atomic mass is 32.1. The maximum atomic E-state index is 12.5. The second kappa shape index (κ2) is 9.91. The smallest absolute Gasteiger partial charge is 0.277 e. The topological polar surface area (TPSA) is 47.7 Å². The predicted molar refractivity (Wildman–Crippen MR) is 110 cm³/mol. The lowest BCUT2D eigenvalue weighted by atomic mass is 10.1. The van der Waals surface area contributed by atoms with Gasteiger partial charge in [-0.2, -0.15) is 11.3 Å². The van der Waals surface area contributed by atoms with Crippen LogP contribution in [0, 0.1) is 0 Å². The molecule has 0 unspecified atom stereocenters. The van der Waals surface area contributed by atoms with E-state index in [9.17, 15) is 4.79 Å². The Bertz CT molecular complexity index is 758. The molecule has 2 aromatic rings. The van der Waals surface area contributed by atoms with Crippen molar-refractivity contribution in [3.05, 3.63) is 46.2 Å². The fraction of sp³-hybridized carbons (Fsp3) is 0.476. The first-order valence-electron chi connectivity index (χ1n) is 9.72. The van der Waals surface area contributed by atoms with E-state index in [4.69, 9.17) is 9.47 Å². The first-order chi connectivity index (χ1) is 13.6. The van der Waals surface area contributed by atoms with Gasteiger partial charge in [-0.05, 0) is 40.6 Å². The quantitative estimate of drug-likeness (QED) is 0.635. The van der Waals surface area contributed by atoms with Gasteiger partial charge in [0.15, 0.2) is 18.0 Å². The lowest BCUT2D eigenvalue weighted by Gasteiger charge is -2.30. The molecule has 0 bridgehead atoms. The maximum Gasteiger partial charge on any atom is 0.277 e. The highest BCUT2D eigenvalue weighted by Gasteiger charge is 2.26. The first-order valence-corrected chi connectivity index (χ1v) is 10.7. The Morgan fingerprint density at radius 2 is 1.75 bits per heavy atom. The van der Waals surface area contributed by atoms with Crippen LogP contribution >= 0.6 is 11.3 Å². The van der Waals surface area contributed by atoms with Crippen molar-refractivity contribution in [2.75, 3.05) is 54.0 Å². The van der Waals surface area contributed by atoms with Gasteiger partial charge in [-0.1, -0.05) is 0 Å². The van der Waals surface area contributed by atoms with Crippen molar-refractivity contribution in [1.29, 1.82) is 0 Å². The average molecular weight is 406 g/mol. The molecule has 7 heteroatoms. The lowest BCUT2D eigenvalue weighted by molar-refractivity contribution is -1.02. The van der Waals surface area contributed by atoms with Crippen LogP contribution in [0.25, 0.3) is 0 Å². The van der Waals surface area contributed by atoms with Crippen molar-refractivity contribution in [2.24, 2.45) is 0 Å². The van der Waals surface area contributed by atoms with Crippen molar-refractivity contribution in [1.82, 2.24) is 4.90 Å². The summed E-state index contributed by atoms with van der Waals surface area (Å²) in [6.45, 7) is 6.47. The van der Waals surface area contributed by atoms with E-state index < -0.39 is 0 Å². The third kappa shape index (κ3) is 5.47. The Labute approximate surface area is 171 Å². The molecule has 0 radical (unpaired) electrons. The number of rotatable bonds is 8. The molecular weight excluding hydrogens is 374 g/mol. The zero-order valence-corrected chi connectivity index (χ0v) is 17.8. The van der Waals surface area contributed by atoms with Crippen LogP contribution in [0.2, 0.25) is 0 Å². The molecule has 1 fully saturated rings. The van der Waals surface area contributed by atoms with Crippen LogP contribution in [0.15, 0.2) is 35.0 Å². The van der Waals surface area contributed by atoms with Gasteiger partial charge in [-0.25, -0.2) is 0 Å². The fourth-order valence-electron chi connectivity index (χ4n) is 3.68. The minimum atomic E-state index is 0.226. The van der Waals surface area contributed by atoms with Crippen LogP contribution in [-0.4, -0.2) is 64.8 Å². The fourth-order valence-corrected chi connectivity index (χ4v) is 4.34. The Morgan fingerprint density at radius 1 is 1.04 bits per heavy atom. The predicted octanol–water partition coefficient (Wildman–Crippen LogP) is -0.293. The highest BCUT2D eigenvalue weighted by molar-refractivity contribution is 7.07. The maximum absolute atomic E-state index is 12.5. The molecule has 3 rings (SSSR count). The van der Waals surface area contributed by atoms with Gasteiger partial charge in [0.05, 0.1) is 14.2 Å². The highest BCUT2D eigenvalue weighted by Crippen LogP contribution is 2.27. The van der Waals surface area contributed by atoms with Crippen LogP contribution < -0.4 is 19.3 Å². The van der Waals surface area contributed by atoms with Crippen molar-refractivity contribution in [3.63, 3.8) is 0 Å². The molecule has 6 nitrogen and oxygen atoms in total. The largest absolute Gasteiger partial charge is 0.493 e. The number of quaternary nitrogens is 2. The number of nitrogens with one attached hydrogen (secondary N) is 2. The summed E-state index contributed by atoms with van der Waals surface area (Å²) in [5.41, 5.74) is 2.46. The summed E-state index contributed by atoms with van der Waals surface area (Å²) in [4.78, 5) is 17.3. The van der Waals surface area contributed by atoms with Gasteiger partial charge >= 0.3 is 0 Å². The molecule has 1 amide bonds. The number of nitrogens with zero attached hydrogens (tertiary/aromatic N) is 1. The second-order valence-corrected chi connectivity index (χ2v) is 8.20. The molecule has 0 spiro atoms. The van der Waals surface area contributed by atoms with Crippen molar-refractivity contribution in [2.45, 2.75) is 13.1 Å². The van der Waals surface area contributed by atoms with Gasteiger partial charge in [0.1, 0.15) is 32.7 Å². The zero-order valence-electron chi connectivity index (χ0n) is 17.0. The standard InChI is InChI=1S/C21H29N3O3S/c1-22(13-18-6-11-28-16-18)21(25)15-24-9-7-23(8-10-24)14-17-4-5-19(26-2)20(12-17)27-3/h4-6,11-12,16H,7-10,13-15H2,1-3H3/p+2. The molecule has 1 aliphatic rings. The van der Waals surface area contributed by atoms with E-state index in [0.717, 1.165) is 44.2 Å². The van der Waals surface area contributed by atoms with Crippen molar-refractivity contribution >= 4 is 17.2 Å². The van der Waals surface area contributed by atoms with Crippen LogP contribution in [-0.2, 0) is 17.9 Å². The Hall–Kier alpha value is -2.09. The summed E-state index contributed by atoms with van der Waals surface area (Å²) in [7, 11) is 5.23. The molecule has 0 saturated carbocycles. The molecule has 1 aliphatic heterocycles. The number of amides is 1. The molecule has 2 heterocycles. The van der Waals surface area contributed by atoms with Crippen LogP contribution in [0.1, 0.15) is 11.1 Å². The number of hydrogen-bond acceptors (Lipinski definition) is 4. The number of benzene rings is 1. The molecule has 28 heavy (non-hydrogen) atoms. The normalized spacial score (nSPS) is 19.2. The van der Waals surface area contributed by atoms with Crippen molar-refractivity contribution in [3.8, 4) is 11.5 Å². The molecule has 1 aromatic carbocycles. The lowest BCUT2D eigenvalue weighted by Crippen LogP contribution is -3.28. The summed E-state index contributed by atoms with van der Waals surface area (Å²) >= 11 is 1.67. The number of thiophene rings is 1. The van der Waals surface area contributed by atoms with Gasteiger partial charge in [-0.3, -0.25) is 4.79 Å². The Morgan fingerprint density at radius 3 is 2.39 bits per heavy atom. The van der Waals surface area contributed by atoms with E-state index in [-0.39, 0.29) is 5.91 Å². The van der Waals surface area contributed by atoms with Gasteiger partial charge < -0.3 is 24.2 Å². The van der Waals surface area contributed by atoms with E-state index in [1.54, 1.807) is 30.5 Å². The number of carbonyl (C=O) groups is 1. The molecule has 152 valence electrons. The molecule has 0 atom stereocenters. The van der Waals surface area contributed by atoms with E-state index >= 15 is 0 Å². The molecule has 1 saturated heterocycles.